The number of hydrogen-bond donors (Lipinski definition) is 2. The van der Waals surface area contributed by atoms with Gasteiger partial charge >= 0.3 is 0 Å². The Bertz CT molecular complexity index is 461. The van der Waals surface area contributed by atoms with Crippen molar-refractivity contribution in [2.45, 2.75) is 31.7 Å². The van der Waals surface area contributed by atoms with Crippen molar-refractivity contribution in [1.82, 2.24) is 0 Å². The van der Waals surface area contributed by atoms with Gasteiger partial charge in [0.25, 0.3) is 5.69 Å². The van der Waals surface area contributed by atoms with Crippen LogP contribution >= 0.6 is 15.9 Å². The molecule has 0 aromatic heterocycles. The van der Waals surface area contributed by atoms with Crippen LogP contribution < -0.4 is 11.1 Å². The number of hydrogen-bond acceptors (Lipinski definition) is 4. The van der Waals surface area contributed by atoms with Crippen LogP contribution in [0.15, 0.2) is 22.7 Å². The van der Waals surface area contributed by atoms with Gasteiger partial charge in [0.2, 0.25) is 0 Å². The standard InChI is InChI=1S/C13H18BrN3O2/c14-11-7-10(17(18)19)5-6-12(11)16-13(8-15)9-3-1-2-4-9/h5-7,9,13,16H,1-4,8,15H2. The first-order chi connectivity index (χ1) is 9.11. The summed E-state index contributed by atoms with van der Waals surface area (Å²) in [5.41, 5.74) is 6.80. The van der Waals surface area contributed by atoms with Crippen molar-refractivity contribution < 1.29 is 4.92 Å². The second-order valence-electron chi connectivity index (χ2n) is 4.95. The molecule has 1 aliphatic carbocycles. The van der Waals surface area contributed by atoms with Crippen LogP contribution in [0.2, 0.25) is 0 Å². The molecule has 6 heteroatoms. The van der Waals surface area contributed by atoms with Crippen LogP contribution in [0, 0.1) is 16.0 Å². The molecular formula is C13H18BrN3O2. The lowest BCUT2D eigenvalue weighted by atomic mass is 9.98. The molecule has 19 heavy (non-hydrogen) atoms. The van der Waals surface area contributed by atoms with Crippen molar-refractivity contribution in [2.24, 2.45) is 11.7 Å². The number of benzene rings is 1. The Labute approximate surface area is 120 Å². The average Bonchev–Trinajstić information content (AvgIpc) is 2.91. The molecular weight excluding hydrogens is 310 g/mol. The Morgan fingerprint density at radius 1 is 1.47 bits per heavy atom. The van der Waals surface area contributed by atoms with E-state index in [9.17, 15) is 10.1 Å². The van der Waals surface area contributed by atoms with Crippen LogP contribution in [0.5, 0.6) is 0 Å². The third kappa shape index (κ3) is 3.45. The lowest BCUT2D eigenvalue weighted by molar-refractivity contribution is -0.384. The highest BCUT2D eigenvalue weighted by Crippen LogP contribution is 2.32. The fraction of sp³-hybridized carbons (Fsp3) is 0.538. The molecule has 1 aliphatic rings. The smallest absolute Gasteiger partial charge is 0.270 e. The minimum Gasteiger partial charge on any atom is -0.380 e. The third-order valence-electron chi connectivity index (χ3n) is 3.73. The number of halogens is 1. The zero-order valence-corrected chi connectivity index (χ0v) is 12.2. The number of non-ortho nitro benzene ring substituents is 1. The van der Waals surface area contributed by atoms with Gasteiger partial charge in [-0.1, -0.05) is 12.8 Å². The summed E-state index contributed by atoms with van der Waals surface area (Å²) < 4.78 is 0.707. The molecule has 1 aromatic carbocycles. The maximum Gasteiger partial charge on any atom is 0.270 e. The lowest BCUT2D eigenvalue weighted by Crippen LogP contribution is -2.35. The average molecular weight is 328 g/mol. The number of nitrogens with one attached hydrogen (secondary N) is 1. The maximum absolute atomic E-state index is 10.7. The zero-order chi connectivity index (χ0) is 13.8. The largest absolute Gasteiger partial charge is 0.380 e. The molecule has 1 aromatic rings. The molecule has 2 rings (SSSR count). The van der Waals surface area contributed by atoms with E-state index in [0.717, 1.165) is 5.69 Å². The SMILES string of the molecule is NCC(Nc1ccc([N+](=O)[O-])cc1Br)C1CCCC1. The summed E-state index contributed by atoms with van der Waals surface area (Å²) in [5, 5.41) is 14.1. The Balaban J connectivity index is 2.10. The van der Waals surface area contributed by atoms with Gasteiger partial charge in [-0.2, -0.15) is 0 Å². The number of nitrogens with zero attached hydrogens (tertiary/aromatic N) is 1. The summed E-state index contributed by atoms with van der Waals surface area (Å²) in [6.45, 7) is 0.577. The molecule has 0 radical (unpaired) electrons. The van der Waals surface area contributed by atoms with Crippen molar-refractivity contribution in [2.75, 3.05) is 11.9 Å². The molecule has 1 saturated carbocycles. The van der Waals surface area contributed by atoms with Crippen molar-refractivity contribution in [3.8, 4) is 0 Å². The predicted molar refractivity (Wildman–Crippen MR) is 79.2 cm³/mol. The van der Waals surface area contributed by atoms with Gasteiger partial charge in [0.1, 0.15) is 0 Å². The number of rotatable bonds is 5. The Hall–Kier alpha value is -1.14. The maximum atomic E-state index is 10.7. The van der Waals surface area contributed by atoms with Gasteiger partial charge in [0.05, 0.1) is 4.92 Å². The van der Waals surface area contributed by atoms with E-state index in [1.165, 1.54) is 37.8 Å². The molecule has 0 amide bonds. The van der Waals surface area contributed by atoms with Gasteiger partial charge in [-0.25, -0.2) is 0 Å². The first-order valence-corrected chi connectivity index (χ1v) is 7.31. The van der Waals surface area contributed by atoms with E-state index in [2.05, 4.69) is 21.2 Å². The van der Waals surface area contributed by atoms with E-state index in [-0.39, 0.29) is 11.7 Å². The monoisotopic (exact) mass is 327 g/mol. The van der Waals surface area contributed by atoms with Gasteiger partial charge in [0.15, 0.2) is 0 Å². The molecule has 0 aliphatic heterocycles. The normalized spacial score (nSPS) is 17.4. The minimum absolute atomic E-state index is 0.0857. The first-order valence-electron chi connectivity index (χ1n) is 6.52. The molecule has 0 bridgehead atoms. The van der Waals surface area contributed by atoms with Crippen LogP contribution in [0.3, 0.4) is 0 Å². The summed E-state index contributed by atoms with van der Waals surface area (Å²) in [6, 6.07) is 5.00. The molecule has 1 atom stereocenters. The molecule has 3 N–H and O–H groups in total. The molecule has 0 saturated heterocycles. The van der Waals surface area contributed by atoms with Crippen LogP contribution in [0.4, 0.5) is 11.4 Å². The van der Waals surface area contributed by atoms with Gasteiger partial charge in [-0.15, -0.1) is 0 Å². The quantitative estimate of drug-likeness (QED) is 0.642. The van der Waals surface area contributed by atoms with Gasteiger partial charge < -0.3 is 11.1 Å². The van der Waals surface area contributed by atoms with Gasteiger partial charge in [0, 0.05) is 34.9 Å². The first kappa shape index (κ1) is 14.3. The van der Waals surface area contributed by atoms with Gasteiger partial charge in [-0.3, -0.25) is 10.1 Å². The summed E-state index contributed by atoms with van der Waals surface area (Å²) >= 11 is 3.37. The number of nitro groups is 1. The fourth-order valence-electron chi connectivity index (χ4n) is 2.66. The molecule has 104 valence electrons. The Morgan fingerprint density at radius 2 is 2.16 bits per heavy atom. The van der Waals surface area contributed by atoms with E-state index in [1.807, 2.05) is 0 Å². The van der Waals surface area contributed by atoms with E-state index in [1.54, 1.807) is 6.07 Å². The van der Waals surface area contributed by atoms with Crippen molar-refractivity contribution >= 4 is 27.3 Å². The molecule has 0 spiro atoms. The molecule has 1 fully saturated rings. The topological polar surface area (TPSA) is 81.2 Å². The van der Waals surface area contributed by atoms with Crippen LogP contribution in [-0.4, -0.2) is 17.5 Å². The highest BCUT2D eigenvalue weighted by Gasteiger charge is 2.24. The highest BCUT2D eigenvalue weighted by molar-refractivity contribution is 9.10. The lowest BCUT2D eigenvalue weighted by Gasteiger charge is -2.24. The van der Waals surface area contributed by atoms with E-state index < -0.39 is 4.92 Å². The Morgan fingerprint density at radius 3 is 2.68 bits per heavy atom. The van der Waals surface area contributed by atoms with Crippen LogP contribution in [0.25, 0.3) is 0 Å². The fourth-order valence-corrected chi connectivity index (χ4v) is 3.14. The number of nitro benzene ring substituents is 1. The zero-order valence-electron chi connectivity index (χ0n) is 10.6. The second kappa shape index (κ2) is 6.34. The Kier molecular flexibility index (Phi) is 4.76. The second-order valence-corrected chi connectivity index (χ2v) is 5.81. The van der Waals surface area contributed by atoms with E-state index >= 15 is 0 Å². The molecule has 1 unspecified atom stereocenters. The molecule has 0 heterocycles. The predicted octanol–water partition coefficient (Wildman–Crippen LogP) is 3.29. The van der Waals surface area contributed by atoms with Crippen LogP contribution in [-0.2, 0) is 0 Å². The summed E-state index contributed by atoms with van der Waals surface area (Å²) in [7, 11) is 0. The summed E-state index contributed by atoms with van der Waals surface area (Å²) in [4.78, 5) is 10.3. The highest BCUT2D eigenvalue weighted by atomic mass is 79.9. The molecule has 5 nitrogen and oxygen atoms in total. The van der Waals surface area contributed by atoms with E-state index in [0.29, 0.717) is 16.9 Å². The summed E-state index contributed by atoms with van der Waals surface area (Å²) in [6.07, 6.45) is 4.95. The minimum atomic E-state index is -0.397. The summed E-state index contributed by atoms with van der Waals surface area (Å²) in [5.74, 6) is 0.604. The van der Waals surface area contributed by atoms with Crippen molar-refractivity contribution in [3.63, 3.8) is 0 Å². The van der Waals surface area contributed by atoms with Crippen LogP contribution in [0.1, 0.15) is 25.7 Å². The van der Waals surface area contributed by atoms with Crippen molar-refractivity contribution in [1.29, 1.82) is 0 Å². The van der Waals surface area contributed by atoms with E-state index in [4.69, 9.17) is 5.73 Å². The van der Waals surface area contributed by atoms with Gasteiger partial charge in [-0.05, 0) is 40.8 Å². The van der Waals surface area contributed by atoms with Crippen molar-refractivity contribution in [3.05, 3.63) is 32.8 Å². The number of anilines is 1. The third-order valence-corrected chi connectivity index (χ3v) is 4.38. The number of nitrogens with two attached hydrogens (primary N) is 1.